The monoisotopic (exact) mass is 519 g/mol. The predicted molar refractivity (Wildman–Crippen MR) is 121 cm³/mol. The van der Waals surface area contributed by atoms with Crippen LogP contribution in [0.25, 0.3) is 5.57 Å². The van der Waals surface area contributed by atoms with Crippen molar-refractivity contribution in [3.63, 3.8) is 0 Å². The van der Waals surface area contributed by atoms with Crippen LogP contribution in [0.3, 0.4) is 0 Å². The summed E-state index contributed by atoms with van der Waals surface area (Å²) in [6.45, 7) is 4.97. The van der Waals surface area contributed by atoms with Gasteiger partial charge >= 0.3 is 5.97 Å². The number of benzene rings is 2. The van der Waals surface area contributed by atoms with Crippen LogP contribution in [0.15, 0.2) is 42.7 Å². The largest absolute Gasteiger partial charge is 1.00 e. The number of piperidine rings is 1. The van der Waals surface area contributed by atoms with Crippen LogP contribution < -0.4 is 17.3 Å². The number of carbonyl (C=O) groups is 1. The fraction of sp³-hybridized carbons (Fsp3) is 0.375. The minimum atomic E-state index is -0.464. The summed E-state index contributed by atoms with van der Waals surface area (Å²) in [6.07, 6.45) is 3.32. The van der Waals surface area contributed by atoms with Gasteiger partial charge in [0.15, 0.2) is 0 Å². The molecule has 1 unspecified atom stereocenters. The first-order valence-electron chi connectivity index (χ1n) is 10.6. The van der Waals surface area contributed by atoms with E-state index in [1.165, 1.54) is 47.6 Å². The molecule has 0 saturated carbocycles. The summed E-state index contributed by atoms with van der Waals surface area (Å²) in [7, 11) is 0. The quantitative estimate of drug-likeness (QED) is 0.326. The molecule has 1 heterocycles. The number of carbonyl (C=O) groups excluding carboxylic acids is 1. The first-order valence-corrected chi connectivity index (χ1v) is 11.4. The van der Waals surface area contributed by atoms with E-state index >= 15 is 0 Å². The number of esters is 1. The number of hydrogen-bond acceptors (Lipinski definition) is 3. The smallest absolute Gasteiger partial charge is 0.314 e. The van der Waals surface area contributed by atoms with E-state index in [9.17, 15) is 13.6 Å². The molecule has 2 atom stereocenters. The van der Waals surface area contributed by atoms with Crippen LogP contribution in [0.4, 0.5) is 8.78 Å². The van der Waals surface area contributed by atoms with E-state index in [1.807, 2.05) is 6.92 Å². The lowest BCUT2D eigenvalue weighted by atomic mass is 9.98. The molecule has 1 fully saturated rings. The fourth-order valence-electron chi connectivity index (χ4n) is 3.87. The van der Waals surface area contributed by atoms with Gasteiger partial charge in [-0.1, -0.05) is 23.2 Å². The summed E-state index contributed by atoms with van der Waals surface area (Å²) in [5, 5.41) is 0.387. The standard InChI is InChI=1S/C24H25Cl2F2NO3.ClH/c1-2-32-24(30)16-4-3-9-29(14-16)10-11-31-15-21(19-7-5-17(27)12-22(19)25)20-8-6-18(28)13-23(20)26;/h5-8,12-13,15-16H,2-4,9-11,14H2,1H3;1H/t16-;/m1./s1. The van der Waals surface area contributed by atoms with Crippen LogP contribution in [0.2, 0.25) is 10.0 Å². The number of halogens is 5. The van der Waals surface area contributed by atoms with Crippen molar-refractivity contribution in [3.05, 3.63) is 75.5 Å². The highest BCUT2D eigenvalue weighted by atomic mass is 35.5. The maximum absolute atomic E-state index is 13.5. The number of quaternary nitrogens is 1. The predicted octanol–water partition coefficient (Wildman–Crippen LogP) is 1.54. The maximum Gasteiger partial charge on any atom is 0.314 e. The van der Waals surface area contributed by atoms with Crippen LogP contribution in [-0.4, -0.2) is 38.8 Å². The highest BCUT2D eigenvalue weighted by molar-refractivity contribution is 6.34. The van der Waals surface area contributed by atoms with Gasteiger partial charge in [-0.3, -0.25) is 4.79 Å². The molecule has 2 aromatic carbocycles. The number of hydrogen-bond donors (Lipinski definition) is 1. The number of rotatable bonds is 8. The molecular formula is C24H26Cl3F2NO3. The third-order valence-electron chi connectivity index (χ3n) is 5.46. The topological polar surface area (TPSA) is 40.0 Å². The summed E-state index contributed by atoms with van der Waals surface area (Å²) in [5.41, 5.74) is 1.57. The molecule has 0 spiro atoms. The number of nitrogens with one attached hydrogen (secondary N) is 1. The summed E-state index contributed by atoms with van der Waals surface area (Å²) in [4.78, 5) is 13.3. The summed E-state index contributed by atoms with van der Waals surface area (Å²) in [6, 6.07) is 8.06. The Bertz CT molecular complexity index is 934. The third-order valence-corrected chi connectivity index (χ3v) is 6.08. The van der Waals surface area contributed by atoms with Crippen molar-refractivity contribution in [2.75, 3.05) is 32.8 Å². The molecule has 1 aliphatic rings. The summed E-state index contributed by atoms with van der Waals surface area (Å²) in [5.74, 6) is -1.14. The van der Waals surface area contributed by atoms with Gasteiger partial charge in [-0.05, 0) is 56.2 Å². The lowest BCUT2D eigenvalue weighted by molar-refractivity contribution is -0.907. The average molecular weight is 521 g/mol. The second-order valence-electron chi connectivity index (χ2n) is 7.70. The van der Waals surface area contributed by atoms with Crippen LogP contribution in [0.1, 0.15) is 30.9 Å². The van der Waals surface area contributed by atoms with Gasteiger partial charge in [0.05, 0.1) is 36.0 Å². The van der Waals surface area contributed by atoms with E-state index in [0.29, 0.717) is 43.0 Å². The molecule has 180 valence electrons. The van der Waals surface area contributed by atoms with E-state index in [1.54, 1.807) is 0 Å². The normalized spacial score (nSPS) is 17.6. The Morgan fingerprint density at radius 3 is 2.27 bits per heavy atom. The van der Waals surface area contributed by atoms with Gasteiger partial charge in [0, 0.05) is 16.7 Å². The van der Waals surface area contributed by atoms with Crippen molar-refractivity contribution in [1.82, 2.24) is 0 Å². The van der Waals surface area contributed by atoms with Gasteiger partial charge < -0.3 is 26.8 Å². The second-order valence-corrected chi connectivity index (χ2v) is 8.51. The molecule has 1 aliphatic heterocycles. The van der Waals surface area contributed by atoms with Gasteiger partial charge in [-0.2, -0.15) is 0 Å². The Labute approximate surface area is 208 Å². The van der Waals surface area contributed by atoms with Crippen molar-refractivity contribution in [3.8, 4) is 0 Å². The van der Waals surface area contributed by atoms with E-state index in [-0.39, 0.29) is 34.3 Å². The molecule has 0 aliphatic carbocycles. The van der Waals surface area contributed by atoms with Gasteiger partial charge in [0.25, 0.3) is 0 Å². The molecule has 0 bridgehead atoms. The van der Waals surface area contributed by atoms with Crippen LogP contribution in [0, 0.1) is 17.6 Å². The summed E-state index contributed by atoms with van der Waals surface area (Å²) < 4.78 is 38.1. The molecule has 33 heavy (non-hydrogen) atoms. The van der Waals surface area contributed by atoms with Crippen LogP contribution >= 0.6 is 23.2 Å². The highest BCUT2D eigenvalue weighted by Crippen LogP contribution is 2.34. The van der Waals surface area contributed by atoms with E-state index in [2.05, 4.69) is 0 Å². The van der Waals surface area contributed by atoms with Crippen molar-refractivity contribution >= 4 is 34.7 Å². The average Bonchev–Trinajstić information content (AvgIpc) is 2.75. The van der Waals surface area contributed by atoms with Crippen molar-refractivity contribution in [1.29, 1.82) is 0 Å². The Morgan fingerprint density at radius 2 is 1.73 bits per heavy atom. The zero-order chi connectivity index (χ0) is 23.1. The minimum absolute atomic E-state index is 0. The Morgan fingerprint density at radius 1 is 1.12 bits per heavy atom. The molecule has 3 rings (SSSR count). The Balaban J connectivity index is 0.00000385. The van der Waals surface area contributed by atoms with Gasteiger partial charge in [0.2, 0.25) is 0 Å². The first kappa shape index (κ1) is 27.4. The first-order chi connectivity index (χ1) is 15.4. The molecule has 1 N–H and O–H groups in total. The zero-order valence-electron chi connectivity index (χ0n) is 18.2. The molecule has 0 radical (unpaired) electrons. The fourth-order valence-corrected chi connectivity index (χ4v) is 4.41. The molecule has 0 amide bonds. The van der Waals surface area contributed by atoms with Gasteiger partial charge in [0.1, 0.15) is 30.7 Å². The van der Waals surface area contributed by atoms with Crippen LogP contribution in [-0.2, 0) is 14.3 Å². The zero-order valence-corrected chi connectivity index (χ0v) is 20.5. The summed E-state index contributed by atoms with van der Waals surface area (Å²) >= 11 is 12.5. The van der Waals surface area contributed by atoms with E-state index in [0.717, 1.165) is 19.4 Å². The number of ether oxygens (including phenoxy) is 2. The molecule has 2 aromatic rings. The molecule has 0 aromatic heterocycles. The number of likely N-dealkylation sites (tertiary alicyclic amines) is 1. The Hall–Kier alpha value is -1.86. The van der Waals surface area contributed by atoms with Crippen molar-refractivity contribution in [2.24, 2.45) is 5.92 Å². The lowest BCUT2D eigenvalue weighted by Gasteiger charge is -2.28. The van der Waals surface area contributed by atoms with Crippen LogP contribution in [0.5, 0.6) is 0 Å². The molecule has 4 nitrogen and oxygen atoms in total. The second kappa shape index (κ2) is 13.1. The minimum Gasteiger partial charge on any atom is -1.00 e. The lowest BCUT2D eigenvalue weighted by Crippen LogP contribution is -3.14. The molecule has 1 saturated heterocycles. The van der Waals surface area contributed by atoms with Crippen molar-refractivity contribution < 1.29 is 40.4 Å². The van der Waals surface area contributed by atoms with Crippen molar-refractivity contribution in [2.45, 2.75) is 19.8 Å². The van der Waals surface area contributed by atoms with E-state index < -0.39 is 11.6 Å². The van der Waals surface area contributed by atoms with E-state index in [4.69, 9.17) is 32.7 Å². The molecule has 9 heteroatoms. The third kappa shape index (κ3) is 7.57. The Kier molecular flexibility index (Phi) is 10.9. The van der Waals surface area contributed by atoms with Gasteiger partial charge in [-0.25, -0.2) is 8.78 Å². The van der Waals surface area contributed by atoms with Gasteiger partial charge in [-0.15, -0.1) is 0 Å². The molecular weight excluding hydrogens is 495 g/mol. The SMILES string of the molecule is CCOC(=O)[C@@H]1CCC[NH+](CCOC=C(c2ccc(F)cc2Cl)c2ccc(F)cc2Cl)C1.[Cl-]. The maximum atomic E-state index is 13.5. The highest BCUT2D eigenvalue weighted by Gasteiger charge is 2.29.